The molecule has 1 unspecified atom stereocenters. The molecular formula is C16H23NO2. The van der Waals surface area contributed by atoms with Crippen LogP contribution in [0, 0.1) is 5.92 Å². The monoisotopic (exact) mass is 261 g/mol. The van der Waals surface area contributed by atoms with E-state index in [1.165, 1.54) is 11.3 Å². The van der Waals surface area contributed by atoms with Gasteiger partial charge in [-0.3, -0.25) is 0 Å². The summed E-state index contributed by atoms with van der Waals surface area (Å²) in [5.41, 5.74) is 3.79. The molecule has 3 rings (SSSR count). The fraction of sp³-hybridized carbons (Fsp3) is 0.625. The van der Waals surface area contributed by atoms with E-state index in [-0.39, 0.29) is 6.10 Å². The molecule has 1 aromatic rings. The second kappa shape index (κ2) is 5.51. The molecule has 3 nitrogen and oxygen atoms in total. The summed E-state index contributed by atoms with van der Waals surface area (Å²) in [4.78, 5) is 2.28. The summed E-state index contributed by atoms with van der Waals surface area (Å²) in [5, 5.41) is 10.4. The number of nitrogens with zero attached hydrogens (tertiary/aromatic N) is 1. The molecule has 0 aliphatic carbocycles. The van der Waals surface area contributed by atoms with Gasteiger partial charge in [-0.15, -0.1) is 0 Å². The molecule has 0 spiro atoms. The van der Waals surface area contributed by atoms with Gasteiger partial charge in [-0.2, -0.15) is 0 Å². The summed E-state index contributed by atoms with van der Waals surface area (Å²) >= 11 is 0. The van der Waals surface area contributed by atoms with E-state index in [2.05, 4.69) is 30.1 Å². The number of hydrogen-bond acceptors (Lipinski definition) is 3. The topological polar surface area (TPSA) is 32.7 Å². The van der Waals surface area contributed by atoms with Crippen LogP contribution in [0.3, 0.4) is 0 Å². The smallest absolute Gasteiger partial charge is 0.0792 e. The summed E-state index contributed by atoms with van der Waals surface area (Å²) in [6.45, 7) is 2.80. The lowest BCUT2D eigenvalue weighted by Gasteiger charge is -2.24. The Morgan fingerprint density at radius 1 is 1.37 bits per heavy atom. The molecule has 1 atom stereocenters. The van der Waals surface area contributed by atoms with Crippen LogP contribution >= 0.6 is 0 Å². The fourth-order valence-corrected chi connectivity index (χ4v) is 3.23. The molecule has 3 heteroatoms. The van der Waals surface area contributed by atoms with Crippen LogP contribution in [0.1, 0.15) is 36.5 Å². The Kier molecular flexibility index (Phi) is 3.76. The SMILES string of the molecule is CN1CCc2cc(C(O)CC3CCOCC3)ccc21. The summed E-state index contributed by atoms with van der Waals surface area (Å²) in [7, 11) is 2.13. The van der Waals surface area contributed by atoms with Gasteiger partial charge < -0.3 is 14.7 Å². The normalized spacial score (nSPS) is 21.5. The van der Waals surface area contributed by atoms with E-state index >= 15 is 0 Å². The third-order valence-corrected chi connectivity index (χ3v) is 4.51. The van der Waals surface area contributed by atoms with Crippen molar-refractivity contribution >= 4 is 5.69 Å². The van der Waals surface area contributed by atoms with Crippen molar-refractivity contribution in [3.05, 3.63) is 29.3 Å². The molecule has 0 amide bonds. The van der Waals surface area contributed by atoms with Crippen LogP contribution in [0.25, 0.3) is 0 Å². The molecule has 19 heavy (non-hydrogen) atoms. The maximum atomic E-state index is 10.4. The molecule has 1 fully saturated rings. The standard InChI is InChI=1S/C16H23NO2/c1-17-7-4-13-11-14(2-3-15(13)17)16(18)10-12-5-8-19-9-6-12/h2-3,11-12,16,18H,4-10H2,1H3. The van der Waals surface area contributed by atoms with Crippen LogP contribution in [-0.2, 0) is 11.2 Å². The minimum Gasteiger partial charge on any atom is -0.388 e. The van der Waals surface area contributed by atoms with Gasteiger partial charge in [0.25, 0.3) is 0 Å². The first-order valence-electron chi connectivity index (χ1n) is 7.34. The van der Waals surface area contributed by atoms with E-state index < -0.39 is 0 Å². The molecule has 104 valence electrons. The van der Waals surface area contributed by atoms with Gasteiger partial charge in [0.05, 0.1) is 6.10 Å². The molecule has 2 aliphatic rings. The van der Waals surface area contributed by atoms with Gasteiger partial charge in [-0.1, -0.05) is 12.1 Å². The van der Waals surface area contributed by atoms with E-state index in [1.54, 1.807) is 0 Å². The van der Waals surface area contributed by atoms with E-state index in [9.17, 15) is 5.11 Å². The van der Waals surface area contributed by atoms with E-state index in [0.29, 0.717) is 5.92 Å². The van der Waals surface area contributed by atoms with Crippen molar-refractivity contribution in [1.82, 2.24) is 0 Å². The lowest BCUT2D eigenvalue weighted by molar-refractivity contribution is 0.0435. The van der Waals surface area contributed by atoms with Gasteiger partial charge in [-0.25, -0.2) is 0 Å². The number of benzene rings is 1. The molecular weight excluding hydrogens is 238 g/mol. The zero-order valence-electron chi connectivity index (χ0n) is 11.6. The second-order valence-corrected chi connectivity index (χ2v) is 5.87. The molecule has 2 heterocycles. The molecule has 0 radical (unpaired) electrons. The van der Waals surface area contributed by atoms with Crippen molar-refractivity contribution in [2.45, 2.75) is 31.8 Å². The van der Waals surface area contributed by atoms with Crippen LogP contribution in [0.15, 0.2) is 18.2 Å². The van der Waals surface area contributed by atoms with Gasteiger partial charge in [0, 0.05) is 32.5 Å². The number of hydrogen-bond donors (Lipinski definition) is 1. The Hall–Kier alpha value is -1.06. The third kappa shape index (κ3) is 2.77. The molecule has 1 saturated heterocycles. The number of fused-ring (bicyclic) bond motifs is 1. The number of rotatable bonds is 3. The summed E-state index contributed by atoms with van der Waals surface area (Å²) in [6, 6.07) is 6.44. The zero-order chi connectivity index (χ0) is 13.2. The molecule has 0 bridgehead atoms. The van der Waals surface area contributed by atoms with Gasteiger partial charge >= 0.3 is 0 Å². The average molecular weight is 261 g/mol. The Labute approximate surface area is 115 Å². The summed E-state index contributed by atoms with van der Waals surface area (Å²) < 4.78 is 5.37. The number of aliphatic hydroxyl groups is 1. The maximum absolute atomic E-state index is 10.4. The third-order valence-electron chi connectivity index (χ3n) is 4.51. The van der Waals surface area contributed by atoms with Crippen molar-refractivity contribution in [1.29, 1.82) is 0 Å². The highest BCUT2D eigenvalue weighted by Crippen LogP contribution is 2.32. The van der Waals surface area contributed by atoms with Crippen LogP contribution < -0.4 is 4.90 Å². The number of ether oxygens (including phenoxy) is 1. The minimum absolute atomic E-state index is 0.320. The molecule has 1 N–H and O–H groups in total. The van der Waals surface area contributed by atoms with Gasteiger partial charge in [0.15, 0.2) is 0 Å². The highest BCUT2D eigenvalue weighted by Gasteiger charge is 2.21. The van der Waals surface area contributed by atoms with Crippen LogP contribution in [-0.4, -0.2) is 31.9 Å². The van der Waals surface area contributed by atoms with Crippen molar-refractivity contribution in [3.63, 3.8) is 0 Å². The van der Waals surface area contributed by atoms with Crippen LogP contribution in [0.4, 0.5) is 5.69 Å². The Balaban J connectivity index is 1.68. The minimum atomic E-state index is -0.320. The number of likely N-dealkylation sites (N-methyl/N-ethyl adjacent to an activating group) is 1. The van der Waals surface area contributed by atoms with Gasteiger partial charge in [-0.05, 0) is 48.8 Å². The maximum Gasteiger partial charge on any atom is 0.0792 e. The van der Waals surface area contributed by atoms with E-state index in [1.807, 2.05) is 0 Å². The van der Waals surface area contributed by atoms with Crippen LogP contribution in [0.5, 0.6) is 0 Å². The quantitative estimate of drug-likeness (QED) is 0.907. The first-order chi connectivity index (χ1) is 9.24. The summed E-state index contributed by atoms with van der Waals surface area (Å²) in [5.74, 6) is 0.611. The van der Waals surface area contributed by atoms with Gasteiger partial charge in [0.2, 0.25) is 0 Å². The van der Waals surface area contributed by atoms with Crippen molar-refractivity contribution in [3.8, 4) is 0 Å². The first kappa shape index (κ1) is 12.9. The van der Waals surface area contributed by atoms with Crippen molar-refractivity contribution in [2.24, 2.45) is 5.92 Å². The first-order valence-corrected chi connectivity index (χ1v) is 7.34. The van der Waals surface area contributed by atoms with Crippen LogP contribution in [0.2, 0.25) is 0 Å². The lowest BCUT2D eigenvalue weighted by Crippen LogP contribution is -2.18. The van der Waals surface area contributed by atoms with Crippen molar-refractivity contribution in [2.75, 3.05) is 31.7 Å². The predicted molar refractivity (Wildman–Crippen MR) is 76.5 cm³/mol. The predicted octanol–water partition coefficient (Wildman–Crippen LogP) is 2.53. The number of aliphatic hydroxyl groups excluding tert-OH is 1. The Morgan fingerprint density at radius 2 is 2.16 bits per heavy atom. The molecule has 2 aliphatic heterocycles. The lowest BCUT2D eigenvalue weighted by atomic mass is 9.90. The largest absolute Gasteiger partial charge is 0.388 e. The molecule has 1 aromatic carbocycles. The fourth-order valence-electron chi connectivity index (χ4n) is 3.23. The highest BCUT2D eigenvalue weighted by atomic mass is 16.5. The van der Waals surface area contributed by atoms with E-state index in [0.717, 1.165) is 51.0 Å². The van der Waals surface area contributed by atoms with Gasteiger partial charge in [0.1, 0.15) is 0 Å². The molecule has 0 aromatic heterocycles. The second-order valence-electron chi connectivity index (χ2n) is 5.87. The number of anilines is 1. The highest BCUT2D eigenvalue weighted by molar-refractivity contribution is 5.58. The van der Waals surface area contributed by atoms with Crippen molar-refractivity contribution < 1.29 is 9.84 Å². The Morgan fingerprint density at radius 3 is 2.95 bits per heavy atom. The average Bonchev–Trinajstić information content (AvgIpc) is 2.81. The zero-order valence-corrected chi connectivity index (χ0v) is 11.6. The van der Waals surface area contributed by atoms with E-state index in [4.69, 9.17) is 4.74 Å². The summed E-state index contributed by atoms with van der Waals surface area (Å²) in [6.07, 6.45) is 3.83. The molecule has 0 saturated carbocycles. The Bertz CT molecular complexity index is 440.